The Morgan fingerprint density at radius 3 is 2.33 bits per heavy atom. The van der Waals surface area contributed by atoms with Gasteiger partial charge >= 0.3 is 0 Å². The molecule has 0 unspecified atom stereocenters. The quantitative estimate of drug-likeness (QED) is 0.728. The standard InChI is InChI=1S/C17H19N/c1-13-4-7-17(8-5-13)18-10-9-15-6-3-14(2)11-16(15)12-18/h3-8,11H,9-10,12H2,1-2H3. The molecule has 0 atom stereocenters. The van der Waals surface area contributed by atoms with E-state index >= 15 is 0 Å². The molecule has 0 saturated carbocycles. The van der Waals surface area contributed by atoms with Crippen LogP contribution in [0.3, 0.4) is 0 Å². The van der Waals surface area contributed by atoms with E-state index < -0.39 is 0 Å². The van der Waals surface area contributed by atoms with Gasteiger partial charge in [-0.25, -0.2) is 0 Å². The van der Waals surface area contributed by atoms with Gasteiger partial charge in [0.2, 0.25) is 0 Å². The molecule has 0 aromatic heterocycles. The highest BCUT2D eigenvalue weighted by molar-refractivity contribution is 5.50. The lowest BCUT2D eigenvalue weighted by Crippen LogP contribution is -2.30. The van der Waals surface area contributed by atoms with E-state index in [9.17, 15) is 0 Å². The molecule has 0 radical (unpaired) electrons. The molecule has 18 heavy (non-hydrogen) atoms. The summed E-state index contributed by atoms with van der Waals surface area (Å²) in [6.45, 7) is 6.48. The maximum absolute atomic E-state index is 2.47. The van der Waals surface area contributed by atoms with Gasteiger partial charge in [0.05, 0.1) is 0 Å². The van der Waals surface area contributed by atoms with Gasteiger partial charge in [-0.1, -0.05) is 41.5 Å². The predicted octanol–water partition coefficient (Wildman–Crippen LogP) is 3.87. The van der Waals surface area contributed by atoms with E-state index in [1.165, 1.54) is 27.9 Å². The summed E-state index contributed by atoms with van der Waals surface area (Å²) >= 11 is 0. The van der Waals surface area contributed by atoms with Gasteiger partial charge in [-0.3, -0.25) is 0 Å². The van der Waals surface area contributed by atoms with Crippen LogP contribution in [0, 0.1) is 13.8 Å². The summed E-state index contributed by atoms with van der Waals surface area (Å²) in [5, 5.41) is 0. The molecule has 92 valence electrons. The summed E-state index contributed by atoms with van der Waals surface area (Å²) in [5.74, 6) is 0. The second-order valence-corrected chi connectivity index (χ2v) is 5.28. The van der Waals surface area contributed by atoms with Gasteiger partial charge in [0.25, 0.3) is 0 Å². The van der Waals surface area contributed by atoms with Crippen LogP contribution >= 0.6 is 0 Å². The number of hydrogen-bond acceptors (Lipinski definition) is 1. The number of rotatable bonds is 1. The highest BCUT2D eigenvalue weighted by Crippen LogP contribution is 2.25. The van der Waals surface area contributed by atoms with Gasteiger partial charge < -0.3 is 4.90 Å². The smallest absolute Gasteiger partial charge is 0.0432 e. The molecular formula is C17H19N. The Labute approximate surface area is 109 Å². The predicted molar refractivity (Wildman–Crippen MR) is 77.1 cm³/mol. The van der Waals surface area contributed by atoms with Gasteiger partial charge in [-0.15, -0.1) is 0 Å². The van der Waals surface area contributed by atoms with Gasteiger partial charge in [0.1, 0.15) is 0 Å². The van der Waals surface area contributed by atoms with Crippen LogP contribution < -0.4 is 4.90 Å². The molecule has 2 aromatic rings. The second kappa shape index (κ2) is 4.49. The van der Waals surface area contributed by atoms with Gasteiger partial charge in [-0.05, 0) is 43.5 Å². The van der Waals surface area contributed by atoms with Crippen LogP contribution in [0.2, 0.25) is 0 Å². The number of benzene rings is 2. The van der Waals surface area contributed by atoms with Crippen molar-refractivity contribution >= 4 is 5.69 Å². The normalized spacial score (nSPS) is 14.4. The van der Waals surface area contributed by atoms with E-state index in [1.54, 1.807) is 0 Å². The topological polar surface area (TPSA) is 3.24 Å². The second-order valence-electron chi connectivity index (χ2n) is 5.28. The van der Waals surface area contributed by atoms with Crippen molar-refractivity contribution in [3.8, 4) is 0 Å². The van der Waals surface area contributed by atoms with Crippen LogP contribution in [0.15, 0.2) is 42.5 Å². The first-order valence-corrected chi connectivity index (χ1v) is 6.62. The third kappa shape index (κ3) is 2.13. The molecule has 0 fully saturated rings. The zero-order valence-electron chi connectivity index (χ0n) is 11.1. The number of fused-ring (bicyclic) bond motifs is 1. The van der Waals surface area contributed by atoms with Gasteiger partial charge in [0, 0.05) is 18.8 Å². The highest BCUT2D eigenvalue weighted by Gasteiger charge is 2.16. The molecule has 1 aliphatic heterocycles. The first kappa shape index (κ1) is 11.3. The van der Waals surface area contributed by atoms with E-state index in [0.717, 1.165) is 19.5 Å². The summed E-state index contributed by atoms with van der Waals surface area (Å²) in [5.41, 5.74) is 7.03. The Hall–Kier alpha value is -1.76. The Morgan fingerprint density at radius 2 is 1.56 bits per heavy atom. The highest BCUT2D eigenvalue weighted by atomic mass is 15.1. The van der Waals surface area contributed by atoms with Crippen LogP contribution in [-0.2, 0) is 13.0 Å². The van der Waals surface area contributed by atoms with Crippen LogP contribution in [-0.4, -0.2) is 6.54 Å². The van der Waals surface area contributed by atoms with E-state index in [1.807, 2.05) is 0 Å². The van der Waals surface area contributed by atoms with Crippen LogP contribution in [0.4, 0.5) is 5.69 Å². The fourth-order valence-electron chi connectivity index (χ4n) is 2.66. The molecule has 1 aliphatic rings. The molecule has 0 spiro atoms. The molecule has 0 bridgehead atoms. The van der Waals surface area contributed by atoms with E-state index in [-0.39, 0.29) is 0 Å². The zero-order chi connectivity index (χ0) is 12.5. The van der Waals surface area contributed by atoms with Crippen LogP contribution in [0.25, 0.3) is 0 Å². The maximum atomic E-state index is 2.47. The summed E-state index contributed by atoms with van der Waals surface area (Å²) in [4.78, 5) is 2.47. The lowest BCUT2D eigenvalue weighted by molar-refractivity contribution is 0.731. The monoisotopic (exact) mass is 237 g/mol. The Bertz CT molecular complexity index is 554. The summed E-state index contributed by atoms with van der Waals surface area (Å²) in [6, 6.07) is 15.7. The molecular weight excluding hydrogens is 218 g/mol. The van der Waals surface area contributed by atoms with Crippen LogP contribution in [0.5, 0.6) is 0 Å². The molecule has 3 rings (SSSR count). The number of anilines is 1. The molecule has 2 aromatic carbocycles. The Balaban J connectivity index is 1.88. The number of nitrogens with zero attached hydrogens (tertiary/aromatic N) is 1. The largest absolute Gasteiger partial charge is 0.367 e. The van der Waals surface area contributed by atoms with Crippen molar-refractivity contribution < 1.29 is 0 Å². The Kier molecular flexibility index (Phi) is 2.83. The SMILES string of the molecule is Cc1ccc(N2CCc3ccc(C)cc3C2)cc1. The molecule has 1 heterocycles. The molecule has 0 aliphatic carbocycles. The summed E-state index contributed by atoms with van der Waals surface area (Å²) in [7, 11) is 0. The van der Waals surface area contributed by atoms with Crippen molar-refractivity contribution in [3.05, 3.63) is 64.7 Å². The fourth-order valence-corrected chi connectivity index (χ4v) is 2.66. The number of hydrogen-bond donors (Lipinski definition) is 0. The van der Waals surface area contributed by atoms with E-state index in [4.69, 9.17) is 0 Å². The maximum Gasteiger partial charge on any atom is 0.0432 e. The fraction of sp³-hybridized carbons (Fsp3) is 0.294. The van der Waals surface area contributed by atoms with Gasteiger partial charge in [0.15, 0.2) is 0 Å². The first-order chi connectivity index (χ1) is 8.72. The third-order valence-electron chi connectivity index (χ3n) is 3.77. The zero-order valence-corrected chi connectivity index (χ0v) is 11.1. The summed E-state index contributed by atoms with van der Waals surface area (Å²) in [6.07, 6.45) is 1.16. The van der Waals surface area contributed by atoms with E-state index in [2.05, 4.69) is 61.2 Å². The lowest BCUT2D eigenvalue weighted by atomic mass is 9.97. The van der Waals surface area contributed by atoms with Crippen molar-refractivity contribution in [1.82, 2.24) is 0 Å². The minimum Gasteiger partial charge on any atom is -0.367 e. The molecule has 1 nitrogen and oxygen atoms in total. The molecule has 1 heteroatoms. The first-order valence-electron chi connectivity index (χ1n) is 6.62. The molecule has 0 N–H and O–H groups in total. The van der Waals surface area contributed by atoms with Crippen molar-refractivity contribution in [2.45, 2.75) is 26.8 Å². The van der Waals surface area contributed by atoms with Crippen molar-refractivity contribution in [2.24, 2.45) is 0 Å². The van der Waals surface area contributed by atoms with Crippen molar-refractivity contribution in [2.75, 3.05) is 11.4 Å². The van der Waals surface area contributed by atoms with Crippen LogP contribution in [0.1, 0.15) is 22.3 Å². The average Bonchev–Trinajstić information content (AvgIpc) is 2.38. The molecule has 0 saturated heterocycles. The number of aryl methyl sites for hydroxylation is 2. The van der Waals surface area contributed by atoms with Crippen molar-refractivity contribution in [1.29, 1.82) is 0 Å². The van der Waals surface area contributed by atoms with Crippen molar-refractivity contribution in [3.63, 3.8) is 0 Å². The molecule has 0 amide bonds. The lowest BCUT2D eigenvalue weighted by Gasteiger charge is -2.31. The van der Waals surface area contributed by atoms with E-state index in [0.29, 0.717) is 0 Å². The average molecular weight is 237 g/mol. The Morgan fingerprint density at radius 1 is 0.833 bits per heavy atom. The minimum atomic E-state index is 1.04. The summed E-state index contributed by atoms with van der Waals surface area (Å²) < 4.78 is 0. The van der Waals surface area contributed by atoms with Gasteiger partial charge in [-0.2, -0.15) is 0 Å². The third-order valence-corrected chi connectivity index (χ3v) is 3.77. The minimum absolute atomic E-state index is 1.04.